The fraction of sp³-hybridized carbons (Fsp3) is 0.154. The van der Waals surface area contributed by atoms with Crippen LogP contribution < -0.4 is 15.4 Å². The molecular weight excluding hydrogens is 451 g/mol. The second-order valence-electron chi connectivity index (χ2n) is 7.78. The van der Waals surface area contributed by atoms with Crippen molar-refractivity contribution < 1.29 is 23.2 Å². The number of halogens is 1. The van der Waals surface area contributed by atoms with Crippen molar-refractivity contribution in [3.05, 3.63) is 89.6 Å². The number of nitrogens with one attached hydrogen (secondary N) is 2. The molecule has 0 atom stereocenters. The van der Waals surface area contributed by atoms with Crippen LogP contribution in [0.4, 0.5) is 15.8 Å². The minimum atomic E-state index is -0.350. The smallest absolute Gasteiger partial charge is 0.255 e. The minimum Gasteiger partial charge on any atom is -0.497 e. The summed E-state index contributed by atoms with van der Waals surface area (Å²) in [6.45, 7) is 1.67. The lowest BCUT2D eigenvalue weighted by molar-refractivity contribution is -0.116. The third kappa shape index (κ3) is 6.08. The molecule has 0 spiro atoms. The maximum Gasteiger partial charge on any atom is 0.255 e. The zero-order chi connectivity index (χ0) is 24.8. The first kappa shape index (κ1) is 23.6. The molecule has 0 aliphatic carbocycles. The molecule has 0 saturated carbocycles. The molecule has 0 unspecified atom stereocenters. The maximum atomic E-state index is 13.8. The molecule has 1 heterocycles. The van der Waals surface area contributed by atoms with E-state index in [2.05, 4.69) is 20.8 Å². The highest BCUT2D eigenvalue weighted by molar-refractivity contribution is 6.04. The van der Waals surface area contributed by atoms with E-state index in [1.807, 2.05) is 0 Å². The van der Waals surface area contributed by atoms with Crippen LogP contribution in [0.15, 0.2) is 71.3 Å². The van der Waals surface area contributed by atoms with E-state index in [-0.39, 0.29) is 42.2 Å². The Labute approximate surface area is 201 Å². The zero-order valence-corrected chi connectivity index (χ0v) is 19.2. The summed E-state index contributed by atoms with van der Waals surface area (Å²) in [7, 11) is 1.57. The standard InChI is InChI=1S/C26H23FN4O4/c1-16-3-4-18(15-22(16)27)25-30-24(35-31-25)14-13-23(32)28-19-7-5-17(6-8-19)26(33)29-20-9-11-21(34-2)12-10-20/h3-12,15H,13-14H2,1-2H3,(H,28,32)(H,29,33). The molecule has 0 aliphatic rings. The molecule has 4 aromatic rings. The lowest BCUT2D eigenvalue weighted by atomic mass is 10.1. The molecule has 2 amide bonds. The molecule has 9 heteroatoms. The third-order valence-corrected chi connectivity index (χ3v) is 5.24. The monoisotopic (exact) mass is 474 g/mol. The van der Waals surface area contributed by atoms with Crippen LogP contribution in [0.1, 0.15) is 28.2 Å². The average molecular weight is 474 g/mol. The first-order chi connectivity index (χ1) is 16.9. The topological polar surface area (TPSA) is 106 Å². The van der Waals surface area contributed by atoms with Crippen molar-refractivity contribution in [1.29, 1.82) is 0 Å². The van der Waals surface area contributed by atoms with Gasteiger partial charge < -0.3 is 19.9 Å². The van der Waals surface area contributed by atoms with Crippen LogP contribution in [0.3, 0.4) is 0 Å². The highest BCUT2D eigenvalue weighted by Crippen LogP contribution is 2.20. The van der Waals surface area contributed by atoms with Gasteiger partial charge in [0.25, 0.3) is 5.91 Å². The lowest BCUT2D eigenvalue weighted by Crippen LogP contribution is -2.14. The molecule has 35 heavy (non-hydrogen) atoms. The number of ether oxygens (including phenoxy) is 1. The van der Waals surface area contributed by atoms with E-state index in [0.29, 0.717) is 33.8 Å². The van der Waals surface area contributed by atoms with Gasteiger partial charge >= 0.3 is 0 Å². The number of benzene rings is 3. The number of hydrogen-bond acceptors (Lipinski definition) is 6. The summed E-state index contributed by atoms with van der Waals surface area (Å²) in [5.74, 6) is 0.376. The van der Waals surface area contributed by atoms with E-state index in [1.54, 1.807) is 74.7 Å². The van der Waals surface area contributed by atoms with Crippen molar-refractivity contribution in [2.24, 2.45) is 0 Å². The Kier molecular flexibility index (Phi) is 7.15. The largest absolute Gasteiger partial charge is 0.497 e. The zero-order valence-electron chi connectivity index (χ0n) is 19.2. The van der Waals surface area contributed by atoms with Gasteiger partial charge in [0, 0.05) is 35.3 Å². The van der Waals surface area contributed by atoms with Gasteiger partial charge in [0.1, 0.15) is 11.6 Å². The number of rotatable bonds is 8. The van der Waals surface area contributed by atoms with E-state index >= 15 is 0 Å². The molecule has 0 radical (unpaired) electrons. The summed E-state index contributed by atoms with van der Waals surface area (Å²) in [4.78, 5) is 29.0. The summed E-state index contributed by atoms with van der Waals surface area (Å²) < 4.78 is 24.0. The molecule has 0 aliphatic heterocycles. The van der Waals surface area contributed by atoms with Crippen LogP contribution in [0.5, 0.6) is 5.75 Å². The highest BCUT2D eigenvalue weighted by atomic mass is 19.1. The Hall–Kier alpha value is -4.53. The number of carbonyl (C=O) groups excluding carboxylic acids is 2. The van der Waals surface area contributed by atoms with Crippen LogP contribution in [-0.4, -0.2) is 29.1 Å². The molecule has 0 bridgehead atoms. The molecule has 8 nitrogen and oxygen atoms in total. The van der Waals surface area contributed by atoms with E-state index in [4.69, 9.17) is 9.26 Å². The fourth-order valence-electron chi connectivity index (χ4n) is 3.23. The van der Waals surface area contributed by atoms with Crippen LogP contribution in [-0.2, 0) is 11.2 Å². The van der Waals surface area contributed by atoms with Gasteiger partial charge in [0.2, 0.25) is 17.6 Å². The number of anilines is 2. The molecule has 4 rings (SSSR count). The molecule has 0 saturated heterocycles. The maximum absolute atomic E-state index is 13.8. The van der Waals surface area contributed by atoms with Crippen LogP contribution >= 0.6 is 0 Å². The van der Waals surface area contributed by atoms with E-state index in [1.165, 1.54) is 6.07 Å². The van der Waals surface area contributed by atoms with E-state index in [0.717, 1.165) is 0 Å². The van der Waals surface area contributed by atoms with Gasteiger partial charge in [-0.25, -0.2) is 4.39 Å². The summed E-state index contributed by atoms with van der Waals surface area (Å²) >= 11 is 0. The van der Waals surface area contributed by atoms with Crippen molar-refractivity contribution in [1.82, 2.24) is 10.1 Å². The number of amides is 2. The van der Waals surface area contributed by atoms with Gasteiger partial charge in [-0.1, -0.05) is 17.3 Å². The second kappa shape index (κ2) is 10.6. The predicted molar refractivity (Wildman–Crippen MR) is 129 cm³/mol. The molecule has 178 valence electrons. The summed E-state index contributed by atoms with van der Waals surface area (Å²) in [6.07, 6.45) is 0.346. The Bertz CT molecular complexity index is 1330. The van der Waals surface area contributed by atoms with Crippen molar-refractivity contribution in [2.45, 2.75) is 19.8 Å². The SMILES string of the molecule is COc1ccc(NC(=O)c2ccc(NC(=O)CCc3nc(-c4ccc(C)c(F)c4)no3)cc2)cc1. The van der Waals surface area contributed by atoms with E-state index < -0.39 is 0 Å². The fourth-order valence-corrected chi connectivity index (χ4v) is 3.23. The van der Waals surface area contributed by atoms with Crippen LogP contribution in [0.25, 0.3) is 11.4 Å². The van der Waals surface area contributed by atoms with Crippen molar-refractivity contribution >= 4 is 23.2 Å². The number of aryl methyl sites for hydroxylation is 2. The normalized spacial score (nSPS) is 10.6. The Morgan fingerprint density at radius 2 is 1.66 bits per heavy atom. The third-order valence-electron chi connectivity index (χ3n) is 5.24. The van der Waals surface area contributed by atoms with Crippen molar-refractivity contribution in [2.75, 3.05) is 17.7 Å². The van der Waals surface area contributed by atoms with Crippen LogP contribution in [0.2, 0.25) is 0 Å². The van der Waals surface area contributed by atoms with Gasteiger partial charge in [-0.2, -0.15) is 4.98 Å². The van der Waals surface area contributed by atoms with E-state index in [9.17, 15) is 14.0 Å². The van der Waals surface area contributed by atoms with Gasteiger partial charge in [-0.05, 0) is 67.1 Å². The first-order valence-corrected chi connectivity index (χ1v) is 10.9. The Balaban J connectivity index is 1.28. The summed E-state index contributed by atoms with van der Waals surface area (Å²) in [5, 5.41) is 9.43. The van der Waals surface area contributed by atoms with Gasteiger partial charge in [0.15, 0.2) is 0 Å². The summed E-state index contributed by atoms with van der Waals surface area (Å²) in [5.41, 5.74) is 2.68. The number of methoxy groups -OCH3 is 1. The first-order valence-electron chi connectivity index (χ1n) is 10.9. The van der Waals surface area contributed by atoms with Gasteiger partial charge in [0.05, 0.1) is 7.11 Å². The van der Waals surface area contributed by atoms with Crippen molar-refractivity contribution in [3.8, 4) is 17.1 Å². The molecule has 3 aromatic carbocycles. The van der Waals surface area contributed by atoms with Gasteiger partial charge in [-0.15, -0.1) is 0 Å². The number of carbonyl (C=O) groups is 2. The highest BCUT2D eigenvalue weighted by Gasteiger charge is 2.13. The predicted octanol–water partition coefficient (Wildman–Crippen LogP) is 5.02. The molecule has 1 aromatic heterocycles. The molecule has 0 fully saturated rings. The number of hydrogen-bond donors (Lipinski definition) is 2. The lowest BCUT2D eigenvalue weighted by Gasteiger charge is -2.08. The average Bonchev–Trinajstić information content (AvgIpc) is 3.34. The van der Waals surface area contributed by atoms with Crippen molar-refractivity contribution in [3.63, 3.8) is 0 Å². The molecule has 2 N–H and O–H groups in total. The van der Waals surface area contributed by atoms with Crippen LogP contribution in [0, 0.1) is 12.7 Å². The Morgan fingerprint density at radius 1 is 0.971 bits per heavy atom. The number of nitrogens with zero attached hydrogens (tertiary/aromatic N) is 2. The Morgan fingerprint density at radius 3 is 2.34 bits per heavy atom. The summed E-state index contributed by atoms with van der Waals surface area (Å²) in [6, 6.07) is 18.2. The molecular formula is C26H23FN4O4. The minimum absolute atomic E-state index is 0.115. The van der Waals surface area contributed by atoms with Gasteiger partial charge in [-0.3, -0.25) is 9.59 Å². The number of aromatic nitrogens is 2. The second-order valence-corrected chi connectivity index (χ2v) is 7.78. The quantitative estimate of drug-likeness (QED) is 0.372.